The molecule has 2 atom stereocenters. The van der Waals surface area contributed by atoms with E-state index in [2.05, 4.69) is 28.6 Å². The first kappa shape index (κ1) is 22.6. The van der Waals surface area contributed by atoms with Crippen LogP contribution in [0.1, 0.15) is 37.4 Å². The molecule has 2 aromatic heterocycles. The Labute approximate surface area is 183 Å². The summed E-state index contributed by atoms with van der Waals surface area (Å²) in [6.07, 6.45) is 1.63. The maximum absolute atomic E-state index is 11.6. The highest BCUT2D eigenvalue weighted by Gasteiger charge is 2.28. The molecule has 0 aliphatic heterocycles. The summed E-state index contributed by atoms with van der Waals surface area (Å²) < 4.78 is 13.6. The van der Waals surface area contributed by atoms with Crippen molar-refractivity contribution in [1.82, 2.24) is 9.55 Å². The molecule has 1 N–H and O–H groups in total. The van der Waals surface area contributed by atoms with Gasteiger partial charge in [0, 0.05) is 24.4 Å². The van der Waals surface area contributed by atoms with E-state index in [0.29, 0.717) is 26.2 Å². The van der Waals surface area contributed by atoms with Gasteiger partial charge in [-0.2, -0.15) is 0 Å². The monoisotopic (exact) mass is 422 g/mol. The smallest absolute Gasteiger partial charge is 0.333 e. The zero-order valence-electron chi connectivity index (χ0n) is 18.3. The summed E-state index contributed by atoms with van der Waals surface area (Å²) >= 11 is 0. The van der Waals surface area contributed by atoms with E-state index in [9.17, 15) is 9.90 Å². The van der Waals surface area contributed by atoms with Crippen LogP contribution in [-0.2, 0) is 16.1 Å². The number of carboxylic acid groups (broad SMARTS) is 1. The zero-order chi connectivity index (χ0) is 22.2. The number of nitrogens with zero attached hydrogens (tertiary/aromatic N) is 2. The quantitative estimate of drug-likeness (QED) is 0.475. The Morgan fingerprint density at radius 2 is 1.87 bits per heavy atom. The molecule has 0 bridgehead atoms. The first-order valence-corrected chi connectivity index (χ1v) is 10.7. The molecule has 3 aromatic rings. The van der Waals surface area contributed by atoms with Gasteiger partial charge in [0.15, 0.2) is 6.10 Å². The fourth-order valence-electron chi connectivity index (χ4n) is 3.83. The molecular weight excluding hydrogens is 392 g/mol. The van der Waals surface area contributed by atoms with Crippen LogP contribution < -0.4 is 4.74 Å². The molecule has 2 unspecified atom stereocenters. The Morgan fingerprint density at radius 3 is 2.48 bits per heavy atom. The summed E-state index contributed by atoms with van der Waals surface area (Å²) in [7, 11) is 0. The van der Waals surface area contributed by atoms with Gasteiger partial charge in [-0.3, -0.25) is 4.98 Å². The maximum Gasteiger partial charge on any atom is 0.333 e. The molecule has 0 fully saturated rings. The van der Waals surface area contributed by atoms with Crippen LogP contribution in [0.25, 0.3) is 11.4 Å². The van der Waals surface area contributed by atoms with E-state index < -0.39 is 12.1 Å². The van der Waals surface area contributed by atoms with Crippen molar-refractivity contribution in [3.63, 3.8) is 0 Å². The fraction of sp³-hybridized carbons (Fsp3) is 0.360. The Hall–Kier alpha value is -3.12. The second kappa shape index (κ2) is 10.8. The standard InChI is InChI=1S/C25H30N2O4/c1-4-21(24(25(28)29)30-5-2)19-10-12-20(13-11-19)31-17-16-27-18(3)9-14-23(27)22-8-6-7-15-26-22/h6-15,21,24H,4-5,16-17H2,1-3H3,(H,28,29). The molecule has 0 spiro atoms. The number of carbonyl (C=O) groups is 1. The lowest BCUT2D eigenvalue weighted by Gasteiger charge is -2.23. The minimum atomic E-state index is -0.931. The molecule has 0 amide bonds. The molecule has 0 radical (unpaired) electrons. The van der Waals surface area contributed by atoms with Gasteiger partial charge in [-0.05, 0) is 62.2 Å². The Bertz CT molecular complexity index is 967. The Kier molecular flexibility index (Phi) is 7.84. The molecule has 2 heterocycles. The van der Waals surface area contributed by atoms with Crippen LogP contribution in [0.3, 0.4) is 0 Å². The normalized spacial score (nSPS) is 13.0. The number of hydrogen-bond donors (Lipinski definition) is 1. The molecule has 31 heavy (non-hydrogen) atoms. The van der Waals surface area contributed by atoms with Crippen molar-refractivity contribution in [3.8, 4) is 17.1 Å². The van der Waals surface area contributed by atoms with Crippen LogP contribution in [0.2, 0.25) is 0 Å². The fourth-order valence-corrected chi connectivity index (χ4v) is 3.83. The second-order valence-corrected chi connectivity index (χ2v) is 7.37. The van der Waals surface area contributed by atoms with Crippen molar-refractivity contribution < 1.29 is 19.4 Å². The highest BCUT2D eigenvalue weighted by atomic mass is 16.5. The predicted molar refractivity (Wildman–Crippen MR) is 120 cm³/mol. The lowest BCUT2D eigenvalue weighted by Crippen LogP contribution is -2.30. The predicted octanol–water partition coefficient (Wildman–Crippen LogP) is 4.92. The van der Waals surface area contributed by atoms with Gasteiger partial charge in [-0.1, -0.05) is 25.1 Å². The zero-order valence-corrected chi connectivity index (χ0v) is 18.3. The number of ether oxygens (including phenoxy) is 2. The van der Waals surface area contributed by atoms with Gasteiger partial charge in [-0.25, -0.2) is 4.79 Å². The molecule has 164 valence electrons. The highest BCUT2D eigenvalue weighted by molar-refractivity contribution is 5.73. The number of pyridine rings is 1. The van der Waals surface area contributed by atoms with Crippen molar-refractivity contribution in [2.24, 2.45) is 0 Å². The Morgan fingerprint density at radius 1 is 1.10 bits per heavy atom. The number of aromatic nitrogens is 2. The third-order valence-electron chi connectivity index (χ3n) is 5.41. The third kappa shape index (κ3) is 5.52. The van der Waals surface area contributed by atoms with Crippen LogP contribution in [0, 0.1) is 6.92 Å². The molecule has 1 aromatic carbocycles. The first-order valence-electron chi connectivity index (χ1n) is 10.7. The van der Waals surface area contributed by atoms with E-state index in [-0.39, 0.29) is 5.92 Å². The lowest BCUT2D eigenvalue weighted by atomic mass is 9.91. The third-order valence-corrected chi connectivity index (χ3v) is 5.41. The summed E-state index contributed by atoms with van der Waals surface area (Å²) in [6.45, 7) is 7.45. The Balaban J connectivity index is 1.64. The van der Waals surface area contributed by atoms with Gasteiger partial charge in [-0.15, -0.1) is 0 Å². The highest BCUT2D eigenvalue weighted by Crippen LogP contribution is 2.28. The van der Waals surface area contributed by atoms with E-state index in [1.54, 1.807) is 6.20 Å². The summed E-state index contributed by atoms with van der Waals surface area (Å²) in [6, 6.07) is 17.7. The number of carboxylic acids is 1. The number of aliphatic carboxylic acids is 1. The average molecular weight is 423 g/mol. The van der Waals surface area contributed by atoms with E-state index >= 15 is 0 Å². The summed E-state index contributed by atoms with van der Waals surface area (Å²) in [5.41, 5.74) is 4.10. The van der Waals surface area contributed by atoms with E-state index in [4.69, 9.17) is 9.47 Å². The summed E-state index contributed by atoms with van der Waals surface area (Å²) in [5, 5.41) is 9.50. The van der Waals surface area contributed by atoms with Crippen LogP contribution in [0.15, 0.2) is 60.8 Å². The van der Waals surface area contributed by atoms with Crippen molar-refractivity contribution in [3.05, 3.63) is 72.1 Å². The van der Waals surface area contributed by atoms with Crippen molar-refractivity contribution >= 4 is 5.97 Å². The molecule has 0 saturated heterocycles. The molecule has 6 nitrogen and oxygen atoms in total. The van der Waals surface area contributed by atoms with Crippen molar-refractivity contribution in [1.29, 1.82) is 0 Å². The second-order valence-electron chi connectivity index (χ2n) is 7.37. The number of hydrogen-bond acceptors (Lipinski definition) is 4. The summed E-state index contributed by atoms with van der Waals surface area (Å²) in [4.78, 5) is 16.0. The largest absolute Gasteiger partial charge is 0.492 e. The van der Waals surface area contributed by atoms with Gasteiger partial charge in [0.05, 0.1) is 17.9 Å². The number of aryl methyl sites for hydroxylation is 1. The number of rotatable bonds is 11. The van der Waals surface area contributed by atoms with Gasteiger partial charge < -0.3 is 19.1 Å². The van der Waals surface area contributed by atoms with Gasteiger partial charge >= 0.3 is 5.97 Å². The molecular formula is C25H30N2O4. The molecule has 6 heteroatoms. The van der Waals surface area contributed by atoms with Crippen LogP contribution in [-0.4, -0.2) is 39.9 Å². The van der Waals surface area contributed by atoms with Gasteiger partial charge in [0.1, 0.15) is 12.4 Å². The first-order chi connectivity index (χ1) is 15.0. The van der Waals surface area contributed by atoms with Gasteiger partial charge in [0.25, 0.3) is 0 Å². The SMILES string of the molecule is CCOC(C(=O)O)C(CC)c1ccc(OCCn2c(C)ccc2-c2ccccn2)cc1. The van der Waals surface area contributed by atoms with E-state index in [1.165, 1.54) is 0 Å². The van der Waals surface area contributed by atoms with Crippen molar-refractivity contribution in [2.75, 3.05) is 13.2 Å². The lowest BCUT2D eigenvalue weighted by molar-refractivity contribution is -0.151. The molecule has 3 rings (SSSR count). The molecule has 0 aliphatic rings. The van der Waals surface area contributed by atoms with Crippen molar-refractivity contribution in [2.45, 2.75) is 45.8 Å². The topological polar surface area (TPSA) is 73.6 Å². The molecule has 0 saturated carbocycles. The van der Waals surface area contributed by atoms with E-state index in [0.717, 1.165) is 28.4 Å². The van der Waals surface area contributed by atoms with Crippen LogP contribution in [0.5, 0.6) is 5.75 Å². The van der Waals surface area contributed by atoms with Gasteiger partial charge in [0.2, 0.25) is 0 Å². The maximum atomic E-state index is 11.6. The molecule has 0 aliphatic carbocycles. The average Bonchev–Trinajstić information content (AvgIpc) is 3.15. The minimum Gasteiger partial charge on any atom is -0.492 e. The minimum absolute atomic E-state index is 0.199. The van der Waals surface area contributed by atoms with Crippen LogP contribution in [0.4, 0.5) is 0 Å². The van der Waals surface area contributed by atoms with E-state index in [1.807, 2.05) is 56.3 Å². The number of benzene rings is 1. The van der Waals surface area contributed by atoms with Crippen LogP contribution >= 0.6 is 0 Å². The summed E-state index contributed by atoms with van der Waals surface area (Å²) in [5.74, 6) is -0.374.